The number of benzene rings is 2. The van der Waals surface area contributed by atoms with Crippen molar-refractivity contribution in [2.45, 2.75) is 13.0 Å². The van der Waals surface area contributed by atoms with Crippen molar-refractivity contribution < 1.29 is 0 Å². The van der Waals surface area contributed by atoms with Gasteiger partial charge < -0.3 is 5.32 Å². The zero-order valence-electron chi connectivity index (χ0n) is 10.4. The largest absolute Gasteiger partial charge is 0.376 e. The van der Waals surface area contributed by atoms with Crippen LogP contribution < -0.4 is 5.32 Å². The third-order valence-electron chi connectivity index (χ3n) is 2.80. The molecule has 0 aliphatic rings. The van der Waals surface area contributed by atoms with Crippen LogP contribution in [0.3, 0.4) is 0 Å². The van der Waals surface area contributed by atoms with E-state index in [4.69, 9.17) is 34.8 Å². The summed E-state index contributed by atoms with van der Waals surface area (Å²) in [5.74, 6) is 0. The third kappa shape index (κ3) is 3.83. The Balaban J connectivity index is 2.30. The summed E-state index contributed by atoms with van der Waals surface area (Å²) < 4.78 is 2.02. The molecule has 6 heteroatoms. The highest BCUT2D eigenvalue weighted by molar-refractivity contribution is 9.11. The first-order valence-electron chi connectivity index (χ1n) is 5.74. The zero-order valence-corrected chi connectivity index (χ0v) is 15.8. The predicted octanol–water partition coefficient (Wildman–Crippen LogP) is 7.34. The van der Waals surface area contributed by atoms with Crippen molar-refractivity contribution in [1.29, 1.82) is 0 Å². The van der Waals surface area contributed by atoms with Gasteiger partial charge in [-0.2, -0.15) is 0 Å². The van der Waals surface area contributed by atoms with E-state index in [0.717, 1.165) is 14.5 Å². The van der Waals surface area contributed by atoms with Crippen molar-refractivity contribution in [2.24, 2.45) is 0 Å². The zero-order chi connectivity index (χ0) is 14.9. The highest BCUT2D eigenvalue weighted by Crippen LogP contribution is 2.37. The molecule has 1 unspecified atom stereocenters. The molecule has 0 spiro atoms. The van der Waals surface area contributed by atoms with E-state index >= 15 is 0 Å². The van der Waals surface area contributed by atoms with Gasteiger partial charge >= 0.3 is 0 Å². The molecule has 1 nitrogen and oxygen atoms in total. The van der Waals surface area contributed by atoms with Crippen molar-refractivity contribution in [3.63, 3.8) is 0 Å². The molecule has 1 atom stereocenters. The van der Waals surface area contributed by atoms with E-state index in [2.05, 4.69) is 37.2 Å². The van der Waals surface area contributed by atoms with Crippen LogP contribution in [0.2, 0.25) is 15.1 Å². The number of hydrogen-bond acceptors (Lipinski definition) is 1. The van der Waals surface area contributed by atoms with Gasteiger partial charge in [0.1, 0.15) is 0 Å². The monoisotopic (exact) mass is 455 g/mol. The second kappa shape index (κ2) is 6.89. The minimum absolute atomic E-state index is 0.0358. The highest BCUT2D eigenvalue weighted by Gasteiger charge is 2.14. The number of halogens is 5. The molecule has 0 heterocycles. The predicted molar refractivity (Wildman–Crippen MR) is 95.4 cm³/mol. The van der Waals surface area contributed by atoms with E-state index in [0.29, 0.717) is 20.8 Å². The van der Waals surface area contributed by atoms with Gasteiger partial charge in [-0.25, -0.2) is 0 Å². The molecule has 0 aliphatic heterocycles. The first-order valence-corrected chi connectivity index (χ1v) is 8.46. The Morgan fingerprint density at radius 1 is 1.00 bits per heavy atom. The SMILES string of the molecule is CC(Nc1c(Cl)cc(Cl)cc1Cl)c1ccc(Br)cc1Br. The second-order valence-corrected chi connectivity index (χ2v) is 7.30. The second-order valence-electron chi connectivity index (χ2n) is 4.28. The summed E-state index contributed by atoms with van der Waals surface area (Å²) in [4.78, 5) is 0. The molecule has 0 saturated carbocycles. The number of anilines is 1. The number of nitrogens with one attached hydrogen (secondary N) is 1. The molecule has 2 aromatic rings. The van der Waals surface area contributed by atoms with E-state index in [1.54, 1.807) is 12.1 Å². The Morgan fingerprint density at radius 2 is 1.60 bits per heavy atom. The standard InChI is InChI=1S/C14H10Br2Cl3N/c1-7(10-3-2-8(15)4-11(10)16)20-14-12(18)5-9(17)6-13(14)19/h2-7,20H,1H3. The smallest absolute Gasteiger partial charge is 0.0724 e. The Hall–Kier alpha value is 0.0700. The van der Waals surface area contributed by atoms with Crippen LogP contribution in [-0.4, -0.2) is 0 Å². The van der Waals surface area contributed by atoms with E-state index in [-0.39, 0.29) is 6.04 Å². The Bertz CT molecular complexity index is 623. The molecule has 0 radical (unpaired) electrons. The Labute approximate surface area is 149 Å². The van der Waals surface area contributed by atoms with E-state index in [1.807, 2.05) is 25.1 Å². The van der Waals surface area contributed by atoms with Crippen molar-refractivity contribution in [1.82, 2.24) is 0 Å². The molecule has 0 aromatic heterocycles. The van der Waals surface area contributed by atoms with Gasteiger partial charge in [0.25, 0.3) is 0 Å². The maximum Gasteiger partial charge on any atom is 0.0724 e. The minimum Gasteiger partial charge on any atom is -0.376 e. The van der Waals surface area contributed by atoms with E-state index < -0.39 is 0 Å². The summed E-state index contributed by atoms with van der Waals surface area (Å²) in [7, 11) is 0. The lowest BCUT2D eigenvalue weighted by molar-refractivity contribution is 0.878. The molecule has 0 amide bonds. The summed E-state index contributed by atoms with van der Waals surface area (Å²) in [5.41, 5.74) is 1.79. The van der Waals surface area contributed by atoms with Crippen molar-refractivity contribution >= 4 is 72.4 Å². The van der Waals surface area contributed by atoms with Gasteiger partial charge in [0.2, 0.25) is 0 Å². The molecule has 1 N–H and O–H groups in total. The maximum absolute atomic E-state index is 6.18. The van der Waals surface area contributed by atoms with Gasteiger partial charge in [0, 0.05) is 20.0 Å². The van der Waals surface area contributed by atoms with Crippen LogP contribution >= 0.6 is 66.7 Å². The van der Waals surface area contributed by atoms with Gasteiger partial charge in [-0.3, -0.25) is 0 Å². The van der Waals surface area contributed by atoms with E-state index in [9.17, 15) is 0 Å². The topological polar surface area (TPSA) is 12.0 Å². The van der Waals surface area contributed by atoms with Gasteiger partial charge in [-0.1, -0.05) is 72.7 Å². The lowest BCUT2D eigenvalue weighted by Crippen LogP contribution is -2.08. The lowest BCUT2D eigenvalue weighted by Gasteiger charge is -2.19. The fourth-order valence-electron chi connectivity index (χ4n) is 1.83. The highest BCUT2D eigenvalue weighted by atomic mass is 79.9. The fraction of sp³-hybridized carbons (Fsp3) is 0.143. The molecule has 106 valence electrons. The normalized spacial score (nSPS) is 12.3. The molecule has 0 saturated heterocycles. The van der Waals surface area contributed by atoms with Gasteiger partial charge in [-0.15, -0.1) is 0 Å². The lowest BCUT2D eigenvalue weighted by atomic mass is 10.1. The average Bonchev–Trinajstić information content (AvgIpc) is 2.33. The minimum atomic E-state index is 0.0358. The average molecular weight is 458 g/mol. The van der Waals surface area contributed by atoms with Gasteiger partial charge in [0.05, 0.1) is 15.7 Å². The van der Waals surface area contributed by atoms with Crippen LogP contribution in [-0.2, 0) is 0 Å². The summed E-state index contributed by atoms with van der Waals surface area (Å²) in [6.45, 7) is 2.04. The van der Waals surface area contributed by atoms with Gasteiger partial charge in [-0.05, 0) is 36.8 Å². The Kier molecular flexibility index (Phi) is 5.66. The first kappa shape index (κ1) is 16.4. The van der Waals surface area contributed by atoms with Crippen molar-refractivity contribution in [2.75, 3.05) is 5.32 Å². The maximum atomic E-state index is 6.18. The third-order valence-corrected chi connectivity index (χ3v) is 4.79. The van der Waals surface area contributed by atoms with Crippen LogP contribution in [0.15, 0.2) is 39.3 Å². The van der Waals surface area contributed by atoms with E-state index in [1.165, 1.54) is 0 Å². The van der Waals surface area contributed by atoms with Crippen LogP contribution in [0.1, 0.15) is 18.5 Å². The van der Waals surface area contributed by atoms with Crippen LogP contribution in [0.5, 0.6) is 0 Å². The quantitative estimate of drug-likeness (QED) is 0.507. The molecule has 0 aliphatic carbocycles. The van der Waals surface area contributed by atoms with Crippen molar-refractivity contribution in [3.8, 4) is 0 Å². The Morgan fingerprint density at radius 3 is 2.15 bits per heavy atom. The number of rotatable bonds is 3. The summed E-state index contributed by atoms with van der Waals surface area (Å²) in [5, 5.41) is 4.84. The summed E-state index contributed by atoms with van der Waals surface area (Å²) in [6, 6.07) is 9.39. The fourth-order valence-corrected chi connectivity index (χ4v) is 4.14. The molecule has 20 heavy (non-hydrogen) atoms. The number of hydrogen-bond donors (Lipinski definition) is 1. The molecule has 0 bridgehead atoms. The molecule has 0 fully saturated rings. The molecular formula is C14H10Br2Cl3N. The molecule has 2 aromatic carbocycles. The van der Waals surface area contributed by atoms with Crippen LogP contribution in [0.4, 0.5) is 5.69 Å². The first-order chi connectivity index (χ1) is 9.38. The summed E-state index contributed by atoms with van der Waals surface area (Å²) >= 11 is 25.3. The molecular weight excluding hydrogens is 448 g/mol. The molecule has 2 rings (SSSR count). The van der Waals surface area contributed by atoms with Crippen LogP contribution in [0.25, 0.3) is 0 Å². The van der Waals surface area contributed by atoms with Gasteiger partial charge in [0.15, 0.2) is 0 Å². The summed E-state index contributed by atoms with van der Waals surface area (Å²) in [6.07, 6.45) is 0. The van der Waals surface area contributed by atoms with Crippen molar-refractivity contribution in [3.05, 3.63) is 59.9 Å². The van der Waals surface area contributed by atoms with Crippen LogP contribution in [0, 0.1) is 0 Å².